The van der Waals surface area contributed by atoms with E-state index in [0.717, 1.165) is 43.4 Å². The molecule has 7 nitrogen and oxygen atoms in total. The number of quaternary nitrogens is 1. The fraction of sp³-hybridized carbons (Fsp3) is 0.381. The minimum atomic E-state index is -0.114. The van der Waals surface area contributed by atoms with Gasteiger partial charge in [-0.3, -0.25) is 4.79 Å². The van der Waals surface area contributed by atoms with Gasteiger partial charge in [-0.05, 0) is 36.4 Å². The molecule has 4 rings (SSSR count). The molecular weight excluding hydrogens is 360 g/mol. The zero-order valence-electron chi connectivity index (χ0n) is 15.9. The van der Waals surface area contributed by atoms with Gasteiger partial charge in [-0.25, -0.2) is 0 Å². The number of amides is 1. The van der Waals surface area contributed by atoms with Crippen molar-refractivity contribution in [3.05, 3.63) is 53.6 Å². The van der Waals surface area contributed by atoms with Crippen molar-refractivity contribution in [3.8, 4) is 17.2 Å². The molecule has 0 aromatic heterocycles. The van der Waals surface area contributed by atoms with E-state index in [9.17, 15) is 4.79 Å². The molecule has 0 saturated carbocycles. The minimum Gasteiger partial charge on any atom is -0.497 e. The Labute approximate surface area is 164 Å². The molecule has 2 heterocycles. The third kappa shape index (κ3) is 4.05. The molecule has 2 aromatic carbocycles. The van der Waals surface area contributed by atoms with Crippen molar-refractivity contribution in [1.29, 1.82) is 0 Å². The van der Waals surface area contributed by atoms with Gasteiger partial charge in [-0.2, -0.15) is 0 Å². The Balaban J connectivity index is 1.51. The number of methoxy groups -OCH3 is 1. The Bertz CT molecular complexity index is 835. The predicted octanol–water partition coefficient (Wildman–Crippen LogP) is 0.810. The molecule has 0 unspecified atom stereocenters. The summed E-state index contributed by atoms with van der Waals surface area (Å²) in [6.07, 6.45) is 0. The number of hydrogen-bond acceptors (Lipinski definition) is 5. The number of ether oxygens (including phenoxy) is 4. The topological polar surface area (TPSA) is 70.5 Å². The molecule has 28 heavy (non-hydrogen) atoms. The van der Waals surface area contributed by atoms with Crippen LogP contribution in [-0.4, -0.2) is 52.7 Å². The van der Waals surface area contributed by atoms with Crippen molar-refractivity contribution in [1.82, 2.24) is 5.32 Å². The number of fused-ring (bicyclic) bond motifs is 1. The molecule has 2 aromatic rings. The third-order valence-electron chi connectivity index (χ3n) is 5.23. The number of morpholine rings is 1. The van der Waals surface area contributed by atoms with Crippen LogP contribution in [0.3, 0.4) is 0 Å². The molecule has 2 N–H and O–H groups in total. The largest absolute Gasteiger partial charge is 0.497 e. The van der Waals surface area contributed by atoms with Crippen molar-refractivity contribution in [2.24, 2.45) is 0 Å². The maximum Gasteiger partial charge on any atom is 0.251 e. The SMILES string of the molecule is COc1cccc(C(=O)NC[C@@H](c2ccc3c(c2)OCO3)[NH+]2CCOCC2)c1. The van der Waals surface area contributed by atoms with E-state index in [1.54, 1.807) is 19.2 Å². The van der Waals surface area contributed by atoms with Crippen molar-refractivity contribution in [2.45, 2.75) is 6.04 Å². The molecule has 2 aliphatic rings. The lowest BCUT2D eigenvalue weighted by atomic mass is 10.0. The molecule has 1 atom stereocenters. The molecule has 148 valence electrons. The van der Waals surface area contributed by atoms with Crippen LogP contribution in [0, 0.1) is 0 Å². The lowest BCUT2D eigenvalue weighted by Crippen LogP contribution is -3.15. The summed E-state index contributed by atoms with van der Waals surface area (Å²) in [5, 5.41) is 3.09. The quantitative estimate of drug-likeness (QED) is 0.770. The second kappa shape index (κ2) is 8.50. The Morgan fingerprint density at radius 2 is 1.96 bits per heavy atom. The third-order valence-corrected chi connectivity index (χ3v) is 5.23. The second-order valence-electron chi connectivity index (χ2n) is 6.88. The average Bonchev–Trinajstić information content (AvgIpc) is 3.22. The Kier molecular flexibility index (Phi) is 5.64. The standard InChI is InChI=1S/C21H24N2O5/c1-25-17-4-2-3-16(11-17)21(24)22-13-18(23-7-9-26-10-8-23)15-5-6-19-20(12-15)28-14-27-19/h2-6,11-12,18H,7-10,13-14H2,1H3,(H,22,24)/p+1/t18-/m0/s1. The number of carbonyl (C=O) groups excluding carboxylic acids is 1. The molecule has 2 aliphatic heterocycles. The van der Waals surface area contributed by atoms with Gasteiger partial charge < -0.3 is 29.2 Å². The van der Waals surface area contributed by atoms with Crippen LogP contribution < -0.4 is 24.4 Å². The van der Waals surface area contributed by atoms with Gasteiger partial charge in [0.25, 0.3) is 5.91 Å². The summed E-state index contributed by atoms with van der Waals surface area (Å²) in [6.45, 7) is 4.01. The van der Waals surface area contributed by atoms with Crippen molar-refractivity contribution < 1.29 is 28.6 Å². The highest BCUT2D eigenvalue weighted by molar-refractivity contribution is 5.94. The first-order valence-electron chi connectivity index (χ1n) is 9.49. The number of carbonyl (C=O) groups is 1. The van der Waals surface area contributed by atoms with Gasteiger partial charge in [0.2, 0.25) is 6.79 Å². The summed E-state index contributed by atoms with van der Waals surface area (Å²) in [6, 6.07) is 13.3. The van der Waals surface area contributed by atoms with E-state index in [1.165, 1.54) is 4.90 Å². The first-order valence-corrected chi connectivity index (χ1v) is 9.49. The number of benzene rings is 2. The van der Waals surface area contributed by atoms with Crippen molar-refractivity contribution in [3.63, 3.8) is 0 Å². The Hall–Kier alpha value is -2.77. The molecule has 0 spiro atoms. The molecule has 7 heteroatoms. The first kappa shape index (κ1) is 18.6. The molecule has 1 saturated heterocycles. The van der Waals surface area contributed by atoms with Gasteiger partial charge in [0.15, 0.2) is 11.5 Å². The average molecular weight is 385 g/mol. The smallest absolute Gasteiger partial charge is 0.251 e. The lowest BCUT2D eigenvalue weighted by molar-refractivity contribution is -0.937. The summed E-state index contributed by atoms with van der Waals surface area (Å²) in [5.41, 5.74) is 1.70. The highest BCUT2D eigenvalue weighted by atomic mass is 16.7. The van der Waals surface area contributed by atoms with Crippen LogP contribution in [0.25, 0.3) is 0 Å². The molecule has 1 amide bonds. The summed E-state index contributed by atoms with van der Waals surface area (Å²) in [7, 11) is 1.59. The van der Waals surface area contributed by atoms with E-state index in [-0.39, 0.29) is 18.7 Å². The van der Waals surface area contributed by atoms with Crippen LogP contribution in [0.2, 0.25) is 0 Å². The van der Waals surface area contributed by atoms with E-state index < -0.39 is 0 Å². The van der Waals surface area contributed by atoms with Crippen LogP contribution in [0.4, 0.5) is 0 Å². The highest BCUT2D eigenvalue weighted by Gasteiger charge is 2.28. The first-order chi connectivity index (χ1) is 13.7. The van der Waals surface area contributed by atoms with Gasteiger partial charge in [-0.15, -0.1) is 0 Å². The van der Waals surface area contributed by atoms with E-state index in [4.69, 9.17) is 18.9 Å². The van der Waals surface area contributed by atoms with Crippen LogP contribution in [0.15, 0.2) is 42.5 Å². The van der Waals surface area contributed by atoms with Crippen LogP contribution in [0.1, 0.15) is 22.0 Å². The van der Waals surface area contributed by atoms with Gasteiger partial charge in [0, 0.05) is 11.1 Å². The van der Waals surface area contributed by atoms with E-state index in [0.29, 0.717) is 17.9 Å². The summed E-state index contributed by atoms with van der Waals surface area (Å²) < 4.78 is 21.7. The molecular formula is C21H25N2O5+. The number of hydrogen-bond donors (Lipinski definition) is 2. The van der Waals surface area contributed by atoms with Crippen LogP contribution >= 0.6 is 0 Å². The molecule has 0 bridgehead atoms. The lowest BCUT2D eigenvalue weighted by Gasteiger charge is -2.32. The predicted molar refractivity (Wildman–Crippen MR) is 102 cm³/mol. The summed E-state index contributed by atoms with van der Waals surface area (Å²) in [4.78, 5) is 14.1. The minimum absolute atomic E-state index is 0.105. The summed E-state index contributed by atoms with van der Waals surface area (Å²) >= 11 is 0. The Morgan fingerprint density at radius 1 is 1.14 bits per heavy atom. The molecule has 0 aliphatic carbocycles. The van der Waals surface area contributed by atoms with Gasteiger partial charge in [-0.1, -0.05) is 6.07 Å². The van der Waals surface area contributed by atoms with E-state index in [1.807, 2.05) is 24.3 Å². The normalized spacial score (nSPS) is 17.2. The molecule has 0 radical (unpaired) electrons. The van der Waals surface area contributed by atoms with E-state index >= 15 is 0 Å². The van der Waals surface area contributed by atoms with Gasteiger partial charge in [0.1, 0.15) is 24.9 Å². The van der Waals surface area contributed by atoms with Gasteiger partial charge in [0.05, 0.1) is 26.9 Å². The van der Waals surface area contributed by atoms with Crippen molar-refractivity contribution >= 4 is 5.91 Å². The van der Waals surface area contributed by atoms with Gasteiger partial charge >= 0.3 is 0 Å². The maximum absolute atomic E-state index is 12.7. The number of rotatable bonds is 6. The fourth-order valence-electron chi connectivity index (χ4n) is 3.67. The number of nitrogens with one attached hydrogen (secondary N) is 2. The van der Waals surface area contributed by atoms with Crippen LogP contribution in [-0.2, 0) is 4.74 Å². The fourth-order valence-corrected chi connectivity index (χ4v) is 3.67. The Morgan fingerprint density at radius 3 is 2.79 bits per heavy atom. The summed E-state index contributed by atoms with van der Waals surface area (Å²) in [5.74, 6) is 2.07. The van der Waals surface area contributed by atoms with E-state index in [2.05, 4.69) is 11.4 Å². The molecule has 1 fully saturated rings. The second-order valence-corrected chi connectivity index (χ2v) is 6.88. The zero-order valence-corrected chi connectivity index (χ0v) is 15.9. The van der Waals surface area contributed by atoms with Crippen LogP contribution in [0.5, 0.6) is 17.2 Å². The zero-order chi connectivity index (χ0) is 19.3. The highest BCUT2D eigenvalue weighted by Crippen LogP contribution is 2.33. The monoisotopic (exact) mass is 385 g/mol. The maximum atomic E-state index is 12.7. The van der Waals surface area contributed by atoms with Crippen molar-refractivity contribution in [2.75, 3.05) is 46.8 Å².